The normalized spacial score (nSPS) is 23.8. The van der Waals surface area contributed by atoms with Crippen LogP contribution in [0.4, 0.5) is 10.5 Å². The maximum absolute atomic E-state index is 13.4. The first kappa shape index (κ1) is 26.8. The number of nitrogens with zero attached hydrogens (tertiary/aromatic N) is 2. The molecule has 0 radical (unpaired) electrons. The molecule has 35 heavy (non-hydrogen) atoms. The van der Waals surface area contributed by atoms with E-state index in [2.05, 4.69) is 10.6 Å². The third kappa shape index (κ3) is 6.66. The van der Waals surface area contributed by atoms with Gasteiger partial charge in [0.25, 0.3) is 5.91 Å². The molecule has 1 saturated carbocycles. The molecule has 0 bridgehead atoms. The van der Waals surface area contributed by atoms with Crippen molar-refractivity contribution in [3.63, 3.8) is 0 Å². The van der Waals surface area contributed by atoms with Gasteiger partial charge in [0.2, 0.25) is 5.91 Å². The van der Waals surface area contributed by atoms with E-state index in [1.165, 1.54) is 0 Å². The maximum Gasteiger partial charge on any atom is 0.317 e. The van der Waals surface area contributed by atoms with Gasteiger partial charge in [0.1, 0.15) is 12.4 Å². The lowest BCUT2D eigenvalue weighted by Crippen LogP contribution is -2.51. The van der Waals surface area contributed by atoms with Crippen LogP contribution >= 0.6 is 0 Å². The summed E-state index contributed by atoms with van der Waals surface area (Å²) in [4.78, 5) is 42.2. The highest BCUT2D eigenvalue weighted by atomic mass is 16.5. The average molecular weight is 489 g/mol. The minimum atomic E-state index is -0.261. The first-order valence-electron chi connectivity index (χ1n) is 12.7. The molecule has 0 spiro atoms. The van der Waals surface area contributed by atoms with E-state index in [0.717, 1.165) is 25.7 Å². The summed E-state index contributed by atoms with van der Waals surface area (Å²) in [6.45, 7) is 7.62. The van der Waals surface area contributed by atoms with Crippen LogP contribution in [0.1, 0.15) is 56.8 Å². The van der Waals surface area contributed by atoms with Gasteiger partial charge in [0.05, 0.1) is 17.7 Å². The fraction of sp³-hybridized carbons (Fsp3) is 0.654. The SMILES string of the molecule is CCCNC(=O)N1C[C@H](C)[C@H](OC)CN(C)C(=O)c2cc(NC(=O)C3CCC3)ccc2OC[C@H]1C. The molecule has 2 N–H and O–H groups in total. The Hall–Kier alpha value is -2.81. The van der Waals surface area contributed by atoms with Crippen molar-refractivity contribution in [3.8, 4) is 5.75 Å². The summed E-state index contributed by atoms with van der Waals surface area (Å²) >= 11 is 0. The molecule has 9 nitrogen and oxygen atoms in total. The average Bonchev–Trinajstić information content (AvgIpc) is 2.80. The Balaban J connectivity index is 1.89. The second kappa shape index (κ2) is 12.2. The number of anilines is 1. The summed E-state index contributed by atoms with van der Waals surface area (Å²) in [6, 6.07) is 4.78. The first-order valence-corrected chi connectivity index (χ1v) is 12.7. The number of carbonyl (C=O) groups is 3. The summed E-state index contributed by atoms with van der Waals surface area (Å²) in [5.41, 5.74) is 0.944. The van der Waals surface area contributed by atoms with Crippen molar-refractivity contribution >= 4 is 23.5 Å². The number of hydrogen-bond acceptors (Lipinski definition) is 5. The summed E-state index contributed by atoms with van der Waals surface area (Å²) in [6.07, 6.45) is 3.46. The molecule has 1 aromatic rings. The molecule has 1 aliphatic carbocycles. The zero-order valence-electron chi connectivity index (χ0n) is 21.6. The molecule has 1 heterocycles. The molecule has 194 valence electrons. The van der Waals surface area contributed by atoms with Crippen LogP contribution in [0.25, 0.3) is 0 Å². The number of likely N-dealkylation sites (N-methyl/N-ethyl adjacent to an activating group) is 1. The van der Waals surface area contributed by atoms with Gasteiger partial charge in [-0.3, -0.25) is 9.59 Å². The Bertz CT molecular complexity index is 904. The number of ether oxygens (including phenoxy) is 2. The van der Waals surface area contributed by atoms with Gasteiger partial charge in [-0.05, 0) is 44.4 Å². The Morgan fingerprint density at radius 1 is 1.20 bits per heavy atom. The molecule has 2 aliphatic rings. The van der Waals surface area contributed by atoms with E-state index in [4.69, 9.17) is 9.47 Å². The number of benzene rings is 1. The van der Waals surface area contributed by atoms with Crippen LogP contribution in [0.5, 0.6) is 5.75 Å². The van der Waals surface area contributed by atoms with E-state index in [-0.39, 0.29) is 48.4 Å². The van der Waals surface area contributed by atoms with E-state index >= 15 is 0 Å². The lowest BCUT2D eigenvalue weighted by molar-refractivity contribution is -0.122. The zero-order chi connectivity index (χ0) is 25.5. The third-order valence-corrected chi connectivity index (χ3v) is 6.98. The van der Waals surface area contributed by atoms with Crippen molar-refractivity contribution in [1.82, 2.24) is 15.1 Å². The van der Waals surface area contributed by atoms with Crippen LogP contribution in [0, 0.1) is 11.8 Å². The van der Waals surface area contributed by atoms with E-state index in [1.807, 2.05) is 20.8 Å². The highest BCUT2D eigenvalue weighted by molar-refractivity contribution is 6.00. The number of hydrogen-bond donors (Lipinski definition) is 2. The lowest BCUT2D eigenvalue weighted by Gasteiger charge is -2.36. The third-order valence-electron chi connectivity index (χ3n) is 6.98. The molecule has 3 rings (SSSR count). The second-order valence-electron chi connectivity index (χ2n) is 9.81. The molecule has 0 aromatic heterocycles. The molecule has 4 amide bonds. The summed E-state index contributed by atoms with van der Waals surface area (Å²) in [5.74, 6) is 0.227. The van der Waals surface area contributed by atoms with Crippen LogP contribution in [0.15, 0.2) is 18.2 Å². The number of fused-ring (bicyclic) bond motifs is 1. The van der Waals surface area contributed by atoms with Crippen LogP contribution in [0.3, 0.4) is 0 Å². The van der Waals surface area contributed by atoms with Crippen LogP contribution in [-0.2, 0) is 9.53 Å². The van der Waals surface area contributed by atoms with Gasteiger partial charge >= 0.3 is 6.03 Å². The molecule has 3 atom stereocenters. The highest BCUT2D eigenvalue weighted by Crippen LogP contribution is 2.30. The summed E-state index contributed by atoms with van der Waals surface area (Å²) in [5, 5.41) is 5.91. The predicted octanol–water partition coefficient (Wildman–Crippen LogP) is 3.35. The molecule has 9 heteroatoms. The van der Waals surface area contributed by atoms with Crippen molar-refractivity contribution in [3.05, 3.63) is 23.8 Å². The van der Waals surface area contributed by atoms with E-state index in [0.29, 0.717) is 36.6 Å². The molecular weight excluding hydrogens is 448 g/mol. The molecule has 1 fully saturated rings. The number of rotatable bonds is 5. The Kier molecular flexibility index (Phi) is 9.37. The van der Waals surface area contributed by atoms with Crippen molar-refractivity contribution < 1.29 is 23.9 Å². The maximum atomic E-state index is 13.4. The standard InChI is InChI=1S/C26H40N4O5/c1-6-12-27-26(33)30-14-17(2)23(34-5)15-29(4)25(32)21-13-20(28-24(31)19-8-7-9-19)10-11-22(21)35-16-18(30)3/h10-11,13,17-19,23H,6-9,12,14-16H2,1-5H3,(H,27,33)(H,28,31)/t17-,18+,23+/m0/s1. The van der Waals surface area contributed by atoms with Crippen LogP contribution in [0.2, 0.25) is 0 Å². The molecule has 1 aliphatic heterocycles. The van der Waals surface area contributed by atoms with Crippen LogP contribution in [-0.4, -0.2) is 80.2 Å². The molecular formula is C26H40N4O5. The van der Waals surface area contributed by atoms with Crippen LogP contribution < -0.4 is 15.4 Å². The lowest BCUT2D eigenvalue weighted by atomic mass is 9.85. The zero-order valence-corrected chi connectivity index (χ0v) is 21.6. The first-order chi connectivity index (χ1) is 16.7. The number of methoxy groups -OCH3 is 1. The quantitative estimate of drug-likeness (QED) is 0.662. The topological polar surface area (TPSA) is 100 Å². The molecule has 0 saturated heterocycles. The largest absolute Gasteiger partial charge is 0.491 e. The van der Waals surface area contributed by atoms with E-state index in [9.17, 15) is 14.4 Å². The highest BCUT2D eigenvalue weighted by Gasteiger charge is 2.31. The molecule has 1 aromatic carbocycles. The monoisotopic (exact) mass is 488 g/mol. The van der Waals surface area contributed by atoms with E-state index in [1.54, 1.807) is 42.2 Å². The van der Waals surface area contributed by atoms with Crippen molar-refractivity contribution in [2.75, 3.05) is 45.7 Å². The Labute approximate surface area is 208 Å². The van der Waals surface area contributed by atoms with Gasteiger partial charge < -0.3 is 29.9 Å². The number of amides is 4. The fourth-order valence-electron chi connectivity index (χ4n) is 4.39. The summed E-state index contributed by atoms with van der Waals surface area (Å²) in [7, 11) is 3.35. The number of nitrogens with one attached hydrogen (secondary N) is 2. The smallest absolute Gasteiger partial charge is 0.317 e. The Morgan fingerprint density at radius 2 is 1.94 bits per heavy atom. The summed E-state index contributed by atoms with van der Waals surface area (Å²) < 4.78 is 11.8. The fourth-order valence-corrected chi connectivity index (χ4v) is 4.39. The number of carbonyl (C=O) groups excluding carboxylic acids is 3. The number of urea groups is 1. The van der Waals surface area contributed by atoms with Gasteiger partial charge in [-0.25, -0.2) is 4.79 Å². The Morgan fingerprint density at radius 3 is 2.57 bits per heavy atom. The second-order valence-corrected chi connectivity index (χ2v) is 9.81. The van der Waals surface area contributed by atoms with Crippen molar-refractivity contribution in [1.29, 1.82) is 0 Å². The van der Waals surface area contributed by atoms with Gasteiger partial charge in [-0.1, -0.05) is 20.3 Å². The van der Waals surface area contributed by atoms with Gasteiger partial charge in [0, 0.05) is 51.3 Å². The van der Waals surface area contributed by atoms with Gasteiger partial charge in [-0.15, -0.1) is 0 Å². The van der Waals surface area contributed by atoms with Crippen molar-refractivity contribution in [2.45, 2.75) is 58.6 Å². The minimum Gasteiger partial charge on any atom is -0.491 e. The van der Waals surface area contributed by atoms with Gasteiger partial charge in [0.15, 0.2) is 0 Å². The van der Waals surface area contributed by atoms with Crippen molar-refractivity contribution in [2.24, 2.45) is 11.8 Å². The van der Waals surface area contributed by atoms with E-state index < -0.39 is 0 Å². The van der Waals surface area contributed by atoms with Gasteiger partial charge in [-0.2, -0.15) is 0 Å². The predicted molar refractivity (Wildman–Crippen MR) is 135 cm³/mol. The minimum absolute atomic E-state index is 0.0123. The molecule has 0 unspecified atom stereocenters.